The summed E-state index contributed by atoms with van der Waals surface area (Å²) in [5.74, 6) is -0.189. The van der Waals surface area contributed by atoms with Gasteiger partial charge in [-0.3, -0.25) is 4.79 Å². The Labute approximate surface area is 393 Å². The molecule has 7 atom stereocenters. The molecule has 64 heavy (non-hydrogen) atoms. The summed E-state index contributed by atoms with van der Waals surface area (Å²) in [6, 6.07) is -0.823. The van der Waals surface area contributed by atoms with Crippen molar-refractivity contribution in [3.05, 3.63) is 36.5 Å². The molecular weight excluding hydrogens is 803 g/mol. The van der Waals surface area contributed by atoms with Crippen LogP contribution in [0.2, 0.25) is 0 Å². The molecule has 1 heterocycles. The Morgan fingerprint density at radius 2 is 0.891 bits per heavy atom. The van der Waals surface area contributed by atoms with Crippen molar-refractivity contribution in [3.8, 4) is 0 Å². The minimum Gasteiger partial charge on any atom is -0.394 e. The largest absolute Gasteiger partial charge is 0.394 e. The number of hydrogen-bond acceptors (Lipinski definition) is 8. The second kappa shape index (κ2) is 45.2. The number of carbonyl (C=O) groups excluding carboxylic acids is 1. The minimum atomic E-state index is -1.57. The molecule has 0 spiro atoms. The summed E-state index contributed by atoms with van der Waals surface area (Å²) in [5, 5.41) is 54.4. The van der Waals surface area contributed by atoms with Gasteiger partial charge in [0.1, 0.15) is 24.4 Å². The van der Waals surface area contributed by atoms with E-state index in [0.717, 1.165) is 51.4 Å². The van der Waals surface area contributed by atoms with Gasteiger partial charge >= 0.3 is 0 Å². The Morgan fingerprint density at radius 3 is 1.31 bits per heavy atom. The number of hydrogen-bond donors (Lipinski definition) is 6. The topological polar surface area (TPSA) is 149 Å². The van der Waals surface area contributed by atoms with Crippen LogP contribution in [-0.4, -0.2) is 87.5 Å². The first-order valence-corrected chi connectivity index (χ1v) is 27.2. The fourth-order valence-corrected chi connectivity index (χ4v) is 8.58. The molecule has 0 aromatic heterocycles. The Kier molecular flexibility index (Phi) is 42.7. The van der Waals surface area contributed by atoms with Crippen LogP contribution >= 0.6 is 0 Å². The fraction of sp³-hybridized carbons (Fsp3) is 0.873. The van der Waals surface area contributed by atoms with E-state index in [1.807, 2.05) is 6.08 Å². The van der Waals surface area contributed by atoms with Gasteiger partial charge in [0, 0.05) is 6.42 Å². The van der Waals surface area contributed by atoms with Gasteiger partial charge in [0.15, 0.2) is 6.29 Å². The van der Waals surface area contributed by atoms with Crippen molar-refractivity contribution in [3.63, 3.8) is 0 Å². The number of allylic oxidation sites excluding steroid dienone is 5. The third kappa shape index (κ3) is 34.7. The summed E-state index contributed by atoms with van der Waals surface area (Å²) < 4.78 is 11.2. The highest BCUT2D eigenvalue weighted by Gasteiger charge is 2.44. The van der Waals surface area contributed by atoms with E-state index < -0.39 is 49.5 Å². The summed E-state index contributed by atoms with van der Waals surface area (Å²) in [4.78, 5) is 13.0. The van der Waals surface area contributed by atoms with Crippen LogP contribution in [-0.2, 0) is 14.3 Å². The van der Waals surface area contributed by atoms with Gasteiger partial charge in [-0.2, -0.15) is 0 Å². The van der Waals surface area contributed by atoms with Gasteiger partial charge < -0.3 is 40.3 Å². The first-order valence-electron chi connectivity index (χ1n) is 27.2. The molecule has 376 valence electrons. The number of ether oxygens (including phenoxy) is 2. The lowest BCUT2D eigenvalue weighted by atomic mass is 9.99. The summed E-state index contributed by atoms with van der Waals surface area (Å²) in [7, 11) is 0. The van der Waals surface area contributed by atoms with E-state index in [1.165, 1.54) is 180 Å². The highest BCUT2D eigenvalue weighted by atomic mass is 16.7. The maximum Gasteiger partial charge on any atom is 0.220 e. The van der Waals surface area contributed by atoms with E-state index in [1.54, 1.807) is 6.08 Å². The Morgan fingerprint density at radius 1 is 0.516 bits per heavy atom. The molecule has 1 aliphatic rings. The Hall–Kier alpha value is -1.59. The van der Waals surface area contributed by atoms with E-state index >= 15 is 0 Å². The van der Waals surface area contributed by atoms with Crippen molar-refractivity contribution in [2.45, 2.75) is 294 Å². The maximum absolute atomic E-state index is 13.0. The quantitative estimate of drug-likeness (QED) is 0.0261. The number of nitrogens with one attached hydrogen (secondary N) is 1. The first-order chi connectivity index (χ1) is 31.3. The van der Waals surface area contributed by atoms with Crippen LogP contribution < -0.4 is 5.32 Å². The van der Waals surface area contributed by atoms with Crippen molar-refractivity contribution in [1.29, 1.82) is 0 Å². The standard InChI is InChI=1S/C55H103NO8/c1-3-5-7-9-11-13-15-17-19-21-23-25-26-28-30-32-34-36-38-40-42-44-49(58)48(47-63-55-54(62)53(61)52(60)50(46-57)64-55)56-51(59)45-43-41-39-37-35-33-31-29-27-24-22-20-18-16-14-12-10-8-6-4-2/h24,27,34,36,42,44,48-50,52-55,57-58,60-62H,3-23,25-26,28-33,35,37-41,43,45-47H2,1-2H3,(H,56,59)/b27-24-,36-34+,44-42+. The van der Waals surface area contributed by atoms with E-state index in [0.29, 0.717) is 6.42 Å². The van der Waals surface area contributed by atoms with E-state index in [2.05, 4.69) is 43.5 Å². The third-order valence-electron chi connectivity index (χ3n) is 12.9. The third-order valence-corrected chi connectivity index (χ3v) is 12.9. The highest BCUT2D eigenvalue weighted by molar-refractivity contribution is 5.76. The van der Waals surface area contributed by atoms with E-state index in [-0.39, 0.29) is 12.5 Å². The summed E-state index contributed by atoms with van der Waals surface area (Å²) in [6.07, 6.45) is 50.6. The molecule has 9 nitrogen and oxygen atoms in total. The lowest BCUT2D eigenvalue weighted by Gasteiger charge is -2.40. The second-order valence-electron chi connectivity index (χ2n) is 19.0. The molecular formula is C55H103NO8. The normalized spacial score (nSPS) is 20.3. The van der Waals surface area contributed by atoms with Gasteiger partial charge in [0.05, 0.1) is 25.4 Å². The molecule has 6 N–H and O–H groups in total. The van der Waals surface area contributed by atoms with Crippen molar-refractivity contribution in [2.75, 3.05) is 13.2 Å². The lowest BCUT2D eigenvalue weighted by molar-refractivity contribution is -0.302. The predicted molar refractivity (Wildman–Crippen MR) is 267 cm³/mol. The molecule has 1 rings (SSSR count). The number of rotatable bonds is 46. The molecule has 0 bridgehead atoms. The second-order valence-corrected chi connectivity index (χ2v) is 19.0. The smallest absolute Gasteiger partial charge is 0.220 e. The first kappa shape index (κ1) is 60.4. The molecule has 0 aromatic carbocycles. The monoisotopic (exact) mass is 906 g/mol. The number of unbranched alkanes of at least 4 members (excludes halogenated alkanes) is 32. The predicted octanol–water partition coefficient (Wildman–Crippen LogP) is 12.8. The average Bonchev–Trinajstić information content (AvgIpc) is 3.29. The van der Waals surface area contributed by atoms with Crippen molar-refractivity contribution >= 4 is 5.91 Å². The highest BCUT2D eigenvalue weighted by Crippen LogP contribution is 2.23. The van der Waals surface area contributed by atoms with Gasteiger partial charge in [0.25, 0.3) is 0 Å². The van der Waals surface area contributed by atoms with Crippen LogP contribution in [0, 0.1) is 0 Å². The summed E-state index contributed by atoms with van der Waals surface area (Å²) in [6.45, 7) is 3.78. The van der Waals surface area contributed by atoms with Crippen LogP contribution in [0.15, 0.2) is 36.5 Å². The molecule has 0 aliphatic carbocycles. The summed E-state index contributed by atoms with van der Waals surface area (Å²) in [5.41, 5.74) is 0. The summed E-state index contributed by atoms with van der Waals surface area (Å²) >= 11 is 0. The number of aliphatic hydroxyl groups excluding tert-OH is 5. The number of carbonyl (C=O) groups is 1. The van der Waals surface area contributed by atoms with E-state index in [9.17, 15) is 30.3 Å². The zero-order valence-electron chi connectivity index (χ0n) is 41.5. The SMILES string of the molecule is CCCCCCCCCCC/C=C\CCCCCCCCCC(=O)NC(COC1OC(CO)C(O)C(O)C1O)C(O)/C=C/CC/C=C/CCCCCCCCCCCCCCCCC. The molecule has 1 fully saturated rings. The number of aliphatic hydroxyl groups is 5. The van der Waals surface area contributed by atoms with Gasteiger partial charge in [-0.05, 0) is 57.8 Å². The van der Waals surface area contributed by atoms with Crippen LogP contribution in [0.4, 0.5) is 0 Å². The molecule has 0 saturated carbocycles. The molecule has 0 aromatic rings. The van der Waals surface area contributed by atoms with Crippen LogP contribution in [0.5, 0.6) is 0 Å². The molecule has 7 unspecified atom stereocenters. The van der Waals surface area contributed by atoms with E-state index in [4.69, 9.17) is 9.47 Å². The van der Waals surface area contributed by atoms with Crippen molar-refractivity contribution in [1.82, 2.24) is 5.32 Å². The number of amides is 1. The molecule has 0 radical (unpaired) electrons. The molecule has 1 aliphatic heterocycles. The Balaban J connectivity index is 2.30. The molecule has 1 amide bonds. The van der Waals surface area contributed by atoms with Gasteiger partial charge in [0.2, 0.25) is 5.91 Å². The minimum absolute atomic E-state index is 0.189. The zero-order valence-corrected chi connectivity index (χ0v) is 41.5. The Bertz CT molecular complexity index is 1100. The lowest BCUT2D eigenvalue weighted by Crippen LogP contribution is -2.60. The van der Waals surface area contributed by atoms with Crippen molar-refractivity contribution < 1.29 is 39.8 Å². The van der Waals surface area contributed by atoms with Gasteiger partial charge in [-0.1, -0.05) is 224 Å². The average molecular weight is 906 g/mol. The van der Waals surface area contributed by atoms with Gasteiger partial charge in [-0.25, -0.2) is 0 Å². The van der Waals surface area contributed by atoms with Crippen LogP contribution in [0.25, 0.3) is 0 Å². The maximum atomic E-state index is 13.0. The van der Waals surface area contributed by atoms with Crippen molar-refractivity contribution in [2.24, 2.45) is 0 Å². The zero-order chi connectivity index (χ0) is 46.6. The van der Waals surface area contributed by atoms with Gasteiger partial charge in [-0.15, -0.1) is 0 Å². The molecule has 1 saturated heterocycles. The van der Waals surface area contributed by atoms with Crippen LogP contribution in [0.3, 0.4) is 0 Å². The fourth-order valence-electron chi connectivity index (χ4n) is 8.58. The van der Waals surface area contributed by atoms with Crippen LogP contribution in [0.1, 0.15) is 251 Å². The molecule has 9 heteroatoms.